The Balaban J connectivity index is 1.62. The molecule has 1 N–H and O–H groups in total. The fraction of sp³-hybridized carbons (Fsp3) is 0.214. The Bertz CT molecular complexity index is 1560. The van der Waals surface area contributed by atoms with Crippen LogP contribution in [0, 0.1) is 13.8 Å². The molecule has 0 aliphatic rings. The van der Waals surface area contributed by atoms with Gasteiger partial charge in [-0.1, -0.05) is 35.0 Å². The van der Waals surface area contributed by atoms with Gasteiger partial charge in [0.1, 0.15) is 23.4 Å². The minimum atomic E-state index is -0.595. The van der Waals surface area contributed by atoms with Crippen LogP contribution < -0.4 is 14.8 Å². The van der Waals surface area contributed by atoms with Gasteiger partial charge < -0.3 is 23.9 Å². The number of carbonyl (C=O) groups excluding carboxylic acids is 1. The number of nitrogens with one attached hydrogen (secondary N) is 1. The molecular formula is C28H27N5O4. The first kappa shape index (κ1) is 24.1. The zero-order valence-electron chi connectivity index (χ0n) is 21.3. The molecule has 0 saturated carbocycles. The van der Waals surface area contributed by atoms with Gasteiger partial charge in [-0.2, -0.15) is 0 Å². The topological polar surface area (TPSA) is 104 Å². The molecule has 37 heavy (non-hydrogen) atoms. The summed E-state index contributed by atoms with van der Waals surface area (Å²) in [5.41, 5.74) is 4.67. The molecule has 0 aliphatic heterocycles. The molecule has 5 rings (SSSR count). The Morgan fingerprint density at radius 3 is 2.35 bits per heavy atom. The molecule has 1 atom stereocenters. The van der Waals surface area contributed by atoms with E-state index in [0.29, 0.717) is 45.4 Å². The van der Waals surface area contributed by atoms with Gasteiger partial charge in [-0.3, -0.25) is 4.79 Å². The number of aryl methyl sites for hydroxylation is 3. The van der Waals surface area contributed by atoms with E-state index >= 15 is 0 Å². The summed E-state index contributed by atoms with van der Waals surface area (Å²) in [6.07, 6.45) is 3.52. The summed E-state index contributed by atoms with van der Waals surface area (Å²) in [5.74, 6) is 1.54. The van der Waals surface area contributed by atoms with Crippen LogP contribution in [0.4, 0.5) is 0 Å². The molecular weight excluding hydrogens is 470 g/mol. The summed E-state index contributed by atoms with van der Waals surface area (Å²) in [7, 11) is 5.05. The Morgan fingerprint density at radius 1 is 1.03 bits per heavy atom. The van der Waals surface area contributed by atoms with Crippen LogP contribution >= 0.6 is 0 Å². The van der Waals surface area contributed by atoms with Crippen molar-refractivity contribution in [1.82, 2.24) is 25.0 Å². The molecule has 0 saturated heterocycles. The van der Waals surface area contributed by atoms with E-state index in [2.05, 4.69) is 20.4 Å². The normalized spacial score (nSPS) is 11.9. The van der Waals surface area contributed by atoms with E-state index < -0.39 is 6.04 Å². The number of rotatable bonds is 7. The van der Waals surface area contributed by atoms with Crippen LogP contribution in [0.2, 0.25) is 0 Å². The van der Waals surface area contributed by atoms with E-state index in [1.807, 2.05) is 61.1 Å². The van der Waals surface area contributed by atoms with Gasteiger partial charge in [0.15, 0.2) is 0 Å². The quantitative estimate of drug-likeness (QED) is 0.345. The standard InChI is InChI=1S/C28H27N5O4/c1-16-6-8-18(9-7-16)23-15-22(24-17(2)32-37-28(24)30-23)27(34)31-25(26-29-10-11-33(26)3)19-12-20(35-4)14-21(13-19)36-5/h6-15,25H,1-5H3,(H,31,34). The molecule has 9 nitrogen and oxygen atoms in total. The molecule has 1 unspecified atom stereocenters. The smallest absolute Gasteiger partial charge is 0.259 e. The first-order chi connectivity index (χ1) is 17.9. The predicted octanol–water partition coefficient (Wildman–Crippen LogP) is 4.78. The minimum Gasteiger partial charge on any atom is -0.497 e. The van der Waals surface area contributed by atoms with Crippen molar-refractivity contribution in [3.8, 4) is 22.8 Å². The van der Waals surface area contributed by atoms with Crippen molar-refractivity contribution in [2.24, 2.45) is 7.05 Å². The monoisotopic (exact) mass is 497 g/mol. The maximum absolute atomic E-state index is 13.9. The largest absolute Gasteiger partial charge is 0.497 e. The van der Waals surface area contributed by atoms with Crippen molar-refractivity contribution in [2.75, 3.05) is 14.2 Å². The summed E-state index contributed by atoms with van der Waals surface area (Å²) in [6, 6.07) is 14.6. The van der Waals surface area contributed by atoms with Gasteiger partial charge >= 0.3 is 0 Å². The van der Waals surface area contributed by atoms with E-state index in [0.717, 1.165) is 16.7 Å². The summed E-state index contributed by atoms with van der Waals surface area (Å²) in [4.78, 5) is 23.1. The van der Waals surface area contributed by atoms with Crippen LogP contribution in [0.15, 0.2) is 65.4 Å². The van der Waals surface area contributed by atoms with Crippen molar-refractivity contribution in [2.45, 2.75) is 19.9 Å². The highest BCUT2D eigenvalue weighted by atomic mass is 16.5. The molecule has 3 aromatic heterocycles. The molecule has 0 spiro atoms. The maximum Gasteiger partial charge on any atom is 0.259 e. The molecule has 0 aliphatic carbocycles. The number of carbonyl (C=O) groups is 1. The Morgan fingerprint density at radius 2 is 1.73 bits per heavy atom. The average molecular weight is 498 g/mol. The Kier molecular flexibility index (Phi) is 6.35. The Hall–Kier alpha value is -4.66. The SMILES string of the molecule is COc1cc(OC)cc(C(NC(=O)c2cc(-c3ccc(C)cc3)nc3onc(C)c23)c2nccn2C)c1. The van der Waals surface area contributed by atoms with Gasteiger partial charge in [0.25, 0.3) is 11.6 Å². The molecule has 2 aromatic carbocycles. The number of imidazole rings is 1. The van der Waals surface area contributed by atoms with Gasteiger partial charge in [-0.15, -0.1) is 0 Å². The van der Waals surface area contributed by atoms with Gasteiger partial charge in [-0.05, 0) is 37.6 Å². The van der Waals surface area contributed by atoms with Gasteiger partial charge in [0.05, 0.1) is 36.6 Å². The fourth-order valence-corrected chi connectivity index (χ4v) is 4.30. The minimum absolute atomic E-state index is 0.303. The summed E-state index contributed by atoms with van der Waals surface area (Å²) >= 11 is 0. The molecule has 9 heteroatoms. The molecule has 5 aromatic rings. The summed E-state index contributed by atoms with van der Waals surface area (Å²) in [5, 5.41) is 7.79. The second-order valence-corrected chi connectivity index (χ2v) is 8.82. The molecule has 0 bridgehead atoms. The lowest BCUT2D eigenvalue weighted by Gasteiger charge is -2.21. The number of aromatic nitrogens is 4. The lowest BCUT2D eigenvalue weighted by molar-refractivity contribution is 0.0942. The number of benzene rings is 2. The van der Waals surface area contributed by atoms with E-state index in [1.165, 1.54) is 0 Å². The second-order valence-electron chi connectivity index (χ2n) is 8.82. The first-order valence-electron chi connectivity index (χ1n) is 11.7. The van der Waals surface area contributed by atoms with Crippen molar-refractivity contribution in [3.63, 3.8) is 0 Å². The molecule has 0 radical (unpaired) electrons. The van der Waals surface area contributed by atoms with E-state index in [-0.39, 0.29) is 5.91 Å². The van der Waals surface area contributed by atoms with Crippen molar-refractivity contribution in [1.29, 1.82) is 0 Å². The number of hydrogen-bond donors (Lipinski definition) is 1. The number of amides is 1. The fourth-order valence-electron chi connectivity index (χ4n) is 4.30. The highest BCUT2D eigenvalue weighted by Gasteiger charge is 2.26. The number of methoxy groups -OCH3 is 2. The molecule has 0 fully saturated rings. The number of nitrogens with zero attached hydrogens (tertiary/aromatic N) is 4. The number of ether oxygens (including phenoxy) is 2. The van der Waals surface area contributed by atoms with Gasteiger partial charge in [0.2, 0.25) is 0 Å². The van der Waals surface area contributed by atoms with Crippen LogP contribution in [0.3, 0.4) is 0 Å². The lowest BCUT2D eigenvalue weighted by atomic mass is 10.0. The van der Waals surface area contributed by atoms with Crippen molar-refractivity contribution >= 4 is 17.0 Å². The predicted molar refractivity (Wildman–Crippen MR) is 139 cm³/mol. The lowest BCUT2D eigenvalue weighted by Crippen LogP contribution is -2.31. The molecule has 1 amide bonds. The third-order valence-corrected chi connectivity index (χ3v) is 6.31. The van der Waals surface area contributed by atoms with Crippen molar-refractivity contribution in [3.05, 3.63) is 89.1 Å². The highest BCUT2D eigenvalue weighted by Crippen LogP contribution is 2.31. The first-order valence-corrected chi connectivity index (χ1v) is 11.7. The third-order valence-electron chi connectivity index (χ3n) is 6.31. The van der Waals surface area contributed by atoms with E-state index in [4.69, 9.17) is 14.0 Å². The van der Waals surface area contributed by atoms with Crippen molar-refractivity contribution < 1.29 is 18.8 Å². The summed E-state index contributed by atoms with van der Waals surface area (Å²) in [6.45, 7) is 3.81. The maximum atomic E-state index is 13.9. The highest BCUT2D eigenvalue weighted by molar-refractivity contribution is 6.07. The van der Waals surface area contributed by atoms with Crippen LogP contribution in [-0.4, -0.2) is 39.8 Å². The number of hydrogen-bond acceptors (Lipinski definition) is 7. The molecule has 188 valence electrons. The third kappa shape index (κ3) is 4.63. The number of fused-ring (bicyclic) bond motifs is 1. The van der Waals surface area contributed by atoms with Gasteiger partial charge in [-0.25, -0.2) is 9.97 Å². The zero-order chi connectivity index (χ0) is 26.1. The second kappa shape index (κ2) is 9.77. The summed E-state index contributed by atoms with van der Waals surface area (Å²) < 4.78 is 18.3. The van der Waals surface area contributed by atoms with Crippen LogP contribution in [0.25, 0.3) is 22.4 Å². The van der Waals surface area contributed by atoms with Crippen LogP contribution in [0.5, 0.6) is 11.5 Å². The molecule has 3 heterocycles. The van der Waals surface area contributed by atoms with Crippen LogP contribution in [0.1, 0.15) is 39.0 Å². The van der Waals surface area contributed by atoms with E-state index in [9.17, 15) is 4.79 Å². The average Bonchev–Trinajstić information content (AvgIpc) is 3.51. The zero-order valence-corrected chi connectivity index (χ0v) is 21.3. The van der Waals surface area contributed by atoms with Gasteiger partial charge in [0, 0.05) is 31.1 Å². The Labute approximate surface area is 214 Å². The number of pyridine rings is 1. The van der Waals surface area contributed by atoms with E-state index in [1.54, 1.807) is 39.5 Å². The van der Waals surface area contributed by atoms with Crippen LogP contribution in [-0.2, 0) is 7.05 Å².